The number of nitrogens with zero attached hydrogens (tertiary/aromatic N) is 4. The summed E-state index contributed by atoms with van der Waals surface area (Å²) in [5, 5.41) is 5.04. The largest absolute Gasteiger partial charge is 0.458 e. The standard InChI is InChI=1S/C60H36B2N4O2/c1-5-17-37(18-6-1)63(38-19-7-2-8-20-38)41-29-31-47-51(33-41)67-53-36-54-58-55-56-59-45(43-25-13-15-27-49(43)65(59)61(47)57(53)55)35-46-44-26-14-16-28-50(44)66(60(46)56)62(58)48-32-30-42(34-52(48)68-54)64(39-21-9-3-10-22-39)40-23-11-4-12-24-40/h1-36H. The van der Waals surface area contributed by atoms with Gasteiger partial charge in [-0.25, -0.2) is 0 Å². The molecule has 2 aromatic heterocycles. The highest BCUT2D eigenvalue weighted by molar-refractivity contribution is 6.93. The summed E-state index contributed by atoms with van der Waals surface area (Å²) in [6.45, 7) is -0.300. The molecule has 12 aromatic rings. The fraction of sp³-hybridized carbons (Fsp3) is 0. The van der Waals surface area contributed by atoms with E-state index in [0.717, 1.165) is 68.0 Å². The Morgan fingerprint density at radius 1 is 0.309 bits per heavy atom. The van der Waals surface area contributed by atoms with E-state index in [1.165, 1.54) is 65.7 Å². The lowest BCUT2D eigenvalue weighted by atomic mass is 9.40. The van der Waals surface area contributed by atoms with Crippen LogP contribution in [0.4, 0.5) is 34.1 Å². The summed E-state index contributed by atoms with van der Waals surface area (Å²) in [5.74, 6) is 3.32. The van der Waals surface area contributed by atoms with Gasteiger partial charge in [0.15, 0.2) is 0 Å². The van der Waals surface area contributed by atoms with E-state index < -0.39 is 0 Å². The van der Waals surface area contributed by atoms with Gasteiger partial charge in [-0.2, -0.15) is 0 Å². The molecule has 10 aromatic carbocycles. The molecule has 6 nitrogen and oxygen atoms in total. The Labute approximate surface area is 392 Å². The van der Waals surface area contributed by atoms with Gasteiger partial charge in [-0.15, -0.1) is 0 Å². The average molecular weight is 867 g/mol. The Bertz CT molecular complexity index is 3780. The van der Waals surface area contributed by atoms with Gasteiger partial charge < -0.3 is 28.2 Å². The molecule has 0 bridgehead atoms. The minimum absolute atomic E-state index is 0.150. The second kappa shape index (κ2) is 13.4. The smallest absolute Gasteiger partial charge is 0.336 e. The quantitative estimate of drug-likeness (QED) is 0.156. The van der Waals surface area contributed by atoms with Crippen LogP contribution in [0.5, 0.6) is 23.0 Å². The van der Waals surface area contributed by atoms with E-state index >= 15 is 0 Å². The highest BCUT2D eigenvalue weighted by Crippen LogP contribution is 2.52. The Hall–Kier alpha value is -8.87. The van der Waals surface area contributed by atoms with Crippen molar-refractivity contribution in [2.75, 3.05) is 9.80 Å². The van der Waals surface area contributed by atoms with E-state index in [2.05, 4.69) is 237 Å². The van der Waals surface area contributed by atoms with Crippen LogP contribution < -0.4 is 41.1 Å². The lowest BCUT2D eigenvalue weighted by Crippen LogP contribution is -2.61. The van der Waals surface area contributed by atoms with Gasteiger partial charge in [-0.1, -0.05) is 121 Å². The summed E-state index contributed by atoms with van der Waals surface area (Å²) in [4.78, 5) is 4.61. The van der Waals surface area contributed by atoms with Crippen molar-refractivity contribution in [2.45, 2.75) is 0 Å². The molecule has 0 saturated carbocycles. The maximum atomic E-state index is 7.37. The first-order chi connectivity index (χ1) is 33.8. The first kappa shape index (κ1) is 36.4. The van der Waals surface area contributed by atoms with Crippen LogP contribution in [0.15, 0.2) is 218 Å². The van der Waals surface area contributed by atoms with Crippen molar-refractivity contribution in [2.24, 2.45) is 0 Å². The van der Waals surface area contributed by atoms with Crippen LogP contribution in [0.3, 0.4) is 0 Å². The number of para-hydroxylation sites is 6. The van der Waals surface area contributed by atoms with Gasteiger partial charge >= 0.3 is 13.7 Å². The summed E-state index contributed by atoms with van der Waals surface area (Å²) >= 11 is 0. The number of hydrogen-bond acceptors (Lipinski definition) is 4. The van der Waals surface area contributed by atoms with Crippen LogP contribution in [0, 0.1) is 0 Å². The molecule has 0 N–H and O–H groups in total. The molecule has 8 heteroatoms. The molecular formula is C60H36B2N4O2. The number of hydrogen-bond donors (Lipinski definition) is 0. The van der Waals surface area contributed by atoms with Gasteiger partial charge in [0.05, 0.1) is 0 Å². The molecule has 0 fully saturated rings. The first-order valence-electron chi connectivity index (χ1n) is 23.4. The van der Waals surface area contributed by atoms with Crippen molar-refractivity contribution < 1.29 is 9.47 Å². The molecule has 4 aliphatic heterocycles. The first-order valence-corrected chi connectivity index (χ1v) is 23.4. The number of rotatable bonds is 6. The van der Waals surface area contributed by atoms with Crippen LogP contribution in [0.25, 0.3) is 54.7 Å². The minimum Gasteiger partial charge on any atom is -0.458 e. The predicted molar refractivity (Wildman–Crippen MR) is 281 cm³/mol. The summed E-state index contributed by atoms with van der Waals surface area (Å²) in [5.41, 5.74) is 18.5. The Morgan fingerprint density at radius 3 is 1.10 bits per heavy atom. The Kier molecular flexibility index (Phi) is 7.15. The third-order valence-corrected chi connectivity index (χ3v) is 14.9. The van der Waals surface area contributed by atoms with Crippen LogP contribution in [-0.2, 0) is 0 Å². The molecule has 4 aliphatic rings. The minimum atomic E-state index is -0.150. The molecule has 0 spiro atoms. The van der Waals surface area contributed by atoms with E-state index in [1.54, 1.807) is 0 Å². The van der Waals surface area contributed by atoms with Crippen molar-refractivity contribution in [1.82, 2.24) is 8.96 Å². The van der Waals surface area contributed by atoms with Gasteiger partial charge in [-0.3, -0.25) is 0 Å². The lowest BCUT2D eigenvalue weighted by molar-refractivity contribution is 0.465. The van der Waals surface area contributed by atoms with Crippen molar-refractivity contribution in [3.05, 3.63) is 218 Å². The van der Waals surface area contributed by atoms with E-state index in [-0.39, 0.29) is 13.7 Å². The molecule has 0 unspecified atom stereocenters. The Morgan fingerprint density at radius 2 is 0.691 bits per heavy atom. The zero-order valence-electron chi connectivity index (χ0n) is 36.5. The second-order valence-electron chi connectivity index (χ2n) is 18.4. The zero-order valence-corrected chi connectivity index (χ0v) is 36.5. The maximum absolute atomic E-state index is 7.37. The molecule has 0 atom stereocenters. The predicted octanol–water partition coefficient (Wildman–Crippen LogP) is 12.7. The SMILES string of the molecule is c1ccc(N(c2ccccc2)c2ccc3c(c2)Oc2cc4c5c6c2B3n2c3ccccc3c3cc7c8ccccc8n(c7c-6c32)B5c2ccc(N(c3ccccc3)c3ccccc3)cc2O4)cc1. The number of fused-ring (bicyclic) bond motifs is 12. The van der Waals surface area contributed by atoms with E-state index in [0.29, 0.717) is 0 Å². The number of ether oxygens (including phenoxy) is 2. The van der Waals surface area contributed by atoms with E-state index in [9.17, 15) is 0 Å². The van der Waals surface area contributed by atoms with Crippen LogP contribution in [0.1, 0.15) is 0 Å². The third kappa shape index (κ3) is 4.73. The summed E-state index contributed by atoms with van der Waals surface area (Å²) in [7, 11) is 0. The number of aromatic nitrogens is 2. The van der Waals surface area contributed by atoms with Crippen molar-refractivity contribution in [1.29, 1.82) is 0 Å². The highest BCUT2D eigenvalue weighted by Gasteiger charge is 2.50. The monoisotopic (exact) mass is 866 g/mol. The molecule has 0 radical (unpaired) electrons. The molecule has 0 aliphatic carbocycles. The highest BCUT2D eigenvalue weighted by atomic mass is 16.5. The molecule has 314 valence electrons. The van der Waals surface area contributed by atoms with Crippen molar-refractivity contribution >= 4 is 113 Å². The van der Waals surface area contributed by atoms with Crippen LogP contribution in [0.2, 0.25) is 0 Å². The van der Waals surface area contributed by atoms with Crippen LogP contribution >= 0.6 is 0 Å². The van der Waals surface area contributed by atoms with Gasteiger partial charge in [0, 0.05) is 112 Å². The fourth-order valence-corrected chi connectivity index (χ4v) is 12.3. The summed E-state index contributed by atoms with van der Waals surface area (Å²) in [6, 6.07) is 78.6. The van der Waals surface area contributed by atoms with Gasteiger partial charge in [0.2, 0.25) is 0 Å². The molecule has 0 amide bonds. The average Bonchev–Trinajstić information content (AvgIpc) is 3.91. The van der Waals surface area contributed by atoms with Crippen molar-refractivity contribution in [3.8, 4) is 34.1 Å². The number of anilines is 6. The number of benzene rings is 10. The summed E-state index contributed by atoms with van der Waals surface area (Å²) < 4.78 is 20.0. The second-order valence-corrected chi connectivity index (χ2v) is 18.4. The van der Waals surface area contributed by atoms with Crippen LogP contribution in [-0.4, -0.2) is 22.7 Å². The normalized spacial score (nSPS) is 13.2. The maximum Gasteiger partial charge on any atom is 0.336 e. The molecular weight excluding hydrogens is 830 g/mol. The zero-order chi connectivity index (χ0) is 44.2. The van der Waals surface area contributed by atoms with E-state index in [1.807, 2.05) is 0 Å². The van der Waals surface area contributed by atoms with Gasteiger partial charge in [0.25, 0.3) is 0 Å². The molecule has 68 heavy (non-hydrogen) atoms. The molecule has 0 saturated heterocycles. The Balaban J connectivity index is 0.989. The molecule has 16 rings (SSSR count). The van der Waals surface area contributed by atoms with E-state index in [4.69, 9.17) is 9.47 Å². The molecule has 6 heterocycles. The van der Waals surface area contributed by atoms with Gasteiger partial charge in [-0.05, 0) is 95.4 Å². The fourth-order valence-electron chi connectivity index (χ4n) is 12.3. The topological polar surface area (TPSA) is 34.8 Å². The van der Waals surface area contributed by atoms with Crippen molar-refractivity contribution in [3.63, 3.8) is 0 Å². The summed E-state index contributed by atoms with van der Waals surface area (Å²) in [6.07, 6.45) is 0. The van der Waals surface area contributed by atoms with Gasteiger partial charge in [0.1, 0.15) is 23.0 Å². The third-order valence-electron chi connectivity index (χ3n) is 14.9. The lowest BCUT2D eigenvalue weighted by Gasteiger charge is -2.41.